The highest BCUT2D eigenvalue weighted by Gasteiger charge is 2.33. The minimum absolute atomic E-state index is 0.0527. The highest BCUT2D eigenvalue weighted by Crippen LogP contribution is 2.20. The van der Waals surface area contributed by atoms with Crippen molar-refractivity contribution in [2.75, 3.05) is 25.0 Å². The van der Waals surface area contributed by atoms with Crippen molar-refractivity contribution in [2.45, 2.75) is 18.6 Å². The Hall–Kier alpha value is -2.61. The van der Waals surface area contributed by atoms with Crippen molar-refractivity contribution in [1.29, 1.82) is 0 Å². The van der Waals surface area contributed by atoms with Gasteiger partial charge in [-0.25, -0.2) is 0 Å². The molecule has 7 nitrogen and oxygen atoms in total. The largest absolute Gasteiger partial charge is 0.486 e. The molecular formula is C20H21ClN2O5. The van der Waals surface area contributed by atoms with Crippen LogP contribution in [0.5, 0.6) is 5.75 Å². The Kier molecular flexibility index (Phi) is 6.51. The first kappa shape index (κ1) is 20.1. The van der Waals surface area contributed by atoms with Crippen LogP contribution in [0.25, 0.3) is 0 Å². The number of nitrogens with one attached hydrogen (secondary N) is 1. The fourth-order valence-corrected chi connectivity index (χ4v) is 3.18. The second-order valence-electron chi connectivity index (χ2n) is 6.69. The van der Waals surface area contributed by atoms with E-state index in [9.17, 15) is 14.7 Å². The van der Waals surface area contributed by atoms with Crippen LogP contribution in [0.4, 0.5) is 5.69 Å². The van der Waals surface area contributed by atoms with Gasteiger partial charge in [0.2, 0.25) is 5.91 Å². The molecule has 2 aromatic rings. The number of amides is 1. The zero-order valence-electron chi connectivity index (χ0n) is 15.0. The molecule has 1 aliphatic rings. The van der Waals surface area contributed by atoms with Gasteiger partial charge in [-0.05, 0) is 42.0 Å². The maximum absolute atomic E-state index is 12.2. The number of β-amino-alcohol motifs (C(OH)–C–C–N with tert-alkyl or cyclic N) is 1. The summed E-state index contributed by atoms with van der Waals surface area (Å²) in [6, 6.07) is 13.6. The van der Waals surface area contributed by atoms with Crippen LogP contribution >= 0.6 is 11.6 Å². The van der Waals surface area contributed by atoms with E-state index in [1.165, 1.54) is 0 Å². The number of halogens is 1. The SMILES string of the molecule is O=C(O)Cc1ccc(O[C@@H]2CN(CC(=O)Nc3ccc(Cl)cc3)C[C@H]2O)cc1. The summed E-state index contributed by atoms with van der Waals surface area (Å²) in [6.45, 7) is 0.874. The normalized spacial score (nSPS) is 19.4. The fourth-order valence-electron chi connectivity index (χ4n) is 3.05. The van der Waals surface area contributed by atoms with Crippen molar-refractivity contribution in [1.82, 2.24) is 4.90 Å². The number of hydrogen-bond acceptors (Lipinski definition) is 5. The van der Waals surface area contributed by atoms with Crippen LogP contribution in [0.2, 0.25) is 5.02 Å². The standard InChI is InChI=1S/C20H21ClN2O5/c21-14-3-5-15(6-4-14)22-19(25)12-23-10-17(24)18(11-23)28-16-7-1-13(2-8-16)9-20(26)27/h1-8,17-18,24H,9-12H2,(H,22,25)(H,26,27)/t17-,18-/m1/s1. The van der Waals surface area contributed by atoms with Gasteiger partial charge in [0.15, 0.2) is 0 Å². The van der Waals surface area contributed by atoms with Gasteiger partial charge in [0, 0.05) is 23.8 Å². The van der Waals surface area contributed by atoms with Gasteiger partial charge >= 0.3 is 5.97 Å². The predicted octanol–water partition coefficient (Wildman–Crippen LogP) is 2.03. The minimum atomic E-state index is -0.896. The quantitative estimate of drug-likeness (QED) is 0.653. The number of carboxylic acids is 1. The third kappa shape index (κ3) is 5.69. The van der Waals surface area contributed by atoms with Crippen LogP contribution in [0, 0.1) is 0 Å². The summed E-state index contributed by atoms with van der Waals surface area (Å²) in [7, 11) is 0. The minimum Gasteiger partial charge on any atom is -0.486 e. The van der Waals surface area contributed by atoms with E-state index in [2.05, 4.69) is 5.32 Å². The Morgan fingerprint density at radius 1 is 1.11 bits per heavy atom. The monoisotopic (exact) mass is 404 g/mol. The summed E-state index contributed by atoms with van der Waals surface area (Å²) in [5, 5.41) is 22.4. The summed E-state index contributed by atoms with van der Waals surface area (Å²) in [4.78, 5) is 24.7. The molecule has 3 rings (SSSR count). The zero-order chi connectivity index (χ0) is 20.1. The van der Waals surface area contributed by atoms with Crippen LogP contribution in [0.3, 0.4) is 0 Å². The van der Waals surface area contributed by atoms with E-state index in [0.29, 0.717) is 35.1 Å². The molecule has 28 heavy (non-hydrogen) atoms. The van der Waals surface area contributed by atoms with Crippen LogP contribution in [-0.4, -0.2) is 58.8 Å². The molecule has 2 atom stereocenters. The number of carboxylic acid groups (broad SMARTS) is 1. The van der Waals surface area contributed by atoms with Crippen molar-refractivity contribution >= 4 is 29.2 Å². The maximum atomic E-state index is 12.2. The van der Waals surface area contributed by atoms with E-state index in [1.807, 2.05) is 4.90 Å². The van der Waals surface area contributed by atoms with Gasteiger partial charge in [-0.2, -0.15) is 0 Å². The third-order valence-electron chi connectivity index (χ3n) is 4.37. The summed E-state index contributed by atoms with van der Waals surface area (Å²) in [5.74, 6) is -0.536. The molecule has 0 aliphatic carbocycles. The van der Waals surface area contributed by atoms with Gasteiger partial charge in [0.05, 0.1) is 13.0 Å². The number of aliphatic hydroxyl groups is 1. The number of carbonyl (C=O) groups excluding carboxylic acids is 1. The third-order valence-corrected chi connectivity index (χ3v) is 4.63. The van der Waals surface area contributed by atoms with Gasteiger partial charge in [0.1, 0.15) is 18.0 Å². The lowest BCUT2D eigenvalue weighted by molar-refractivity contribution is -0.136. The molecule has 1 amide bonds. The highest BCUT2D eigenvalue weighted by molar-refractivity contribution is 6.30. The molecule has 0 bridgehead atoms. The van der Waals surface area contributed by atoms with E-state index < -0.39 is 18.2 Å². The molecule has 1 aliphatic heterocycles. The Balaban J connectivity index is 1.50. The lowest BCUT2D eigenvalue weighted by atomic mass is 10.1. The second kappa shape index (κ2) is 9.05. The molecule has 0 unspecified atom stereocenters. The number of hydrogen-bond donors (Lipinski definition) is 3. The van der Waals surface area contributed by atoms with Crippen LogP contribution in [0.1, 0.15) is 5.56 Å². The van der Waals surface area contributed by atoms with E-state index >= 15 is 0 Å². The van der Waals surface area contributed by atoms with Gasteiger partial charge in [-0.1, -0.05) is 23.7 Å². The predicted molar refractivity (Wildman–Crippen MR) is 105 cm³/mol. The zero-order valence-corrected chi connectivity index (χ0v) is 15.8. The molecule has 0 spiro atoms. The molecule has 1 fully saturated rings. The number of benzene rings is 2. The van der Waals surface area contributed by atoms with Crippen molar-refractivity contribution in [2.24, 2.45) is 0 Å². The van der Waals surface area contributed by atoms with E-state index in [1.54, 1.807) is 48.5 Å². The van der Waals surface area contributed by atoms with E-state index in [-0.39, 0.29) is 18.9 Å². The van der Waals surface area contributed by atoms with Crippen molar-refractivity contribution in [3.05, 3.63) is 59.1 Å². The molecular weight excluding hydrogens is 384 g/mol. The van der Waals surface area contributed by atoms with Gasteiger partial charge < -0.3 is 20.3 Å². The summed E-state index contributed by atoms with van der Waals surface area (Å²) < 4.78 is 5.81. The first-order chi connectivity index (χ1) is 13.4. The van der Waals surface area contributed by atoms with Crippen LogP contribution < -0.4 is 10.1 Å². The summed E-state index contributed by atoms with van der Waals surface area (Å²) >= 11 is 5.83. The topological polar surface area (TPSA) is 99.1 Å². The second-order valence-corrected chi connectivity index (χ2v) is 7.12. The van der Waals surface area contributed by atoms with Gasteiger partial charge in [-0.15, -0.1) is 0 Å². The number of likely N-dealkylation sites (tertiary alicyclic amines) is 1. The smallest absolute Gasteiger partial charge is 0.307 e. The molecule has 3 N–H and O–H groups in total. The number of ether oxygens (including phenoxy) is 1. The Bertz CT molecular complexity index is 825. The van der Waals surface area contributed by atoms with Gasteiger partial charge in [0.25, 0.3) is 0 Å². The maximum Gasteiger partial charge on any atom is 0.307 e. The van der Waals surface area contributed by atoms with Crippen molar-refractivity contribution in [3.63, 3.8) is 0 Å². The summed E-state index contributed by atoms with van der Waals surface area (Å²) in [5.41, 5.74) is 1.33. The number of anilines is 1. The van der Waals surface area contributed by atoms with Crippen molar-refractivity contribution < 1.29 is 24.5 Å². The highest BCUT2D eigenvalue weighted by atomic mass is 35.5. The lowest BCUT2D eigenvalue weighted by Gasteiger charge is -2.17. The Morgan fingerprint density at radius 3 is 2.43 bits per heavy atom. The molecule has 1 saturated heterocycles. The fraction of sp³-hybridized carbons (Fsp3) is 0.300. The number of aliphatic hydroxyl groups excluding tert-OH is 1. The molecule has 0 saturated carbocycles. The Labute approximate surface area is 167 Å². The molecule has 0 radical (unpaired) electrons. The molecule has 1 heterocycles. The van der Waals surface area contributed by atoms with Crippen LogP contribution in [-0.2, 0) is 16.0 Å². The van der Waals surface area contributed by atoms with E-state index in [4.69, 9.17) is 21.4 Å². The number of rotatable bonds is 7. The molecule has 0 aromatic heterocycles. The Morgan fingerprint density at radius 2 is 1.79 bits per heavy atom. The molecule has 2 aromatic carbocycles. The van der Waals surface area contributed by atoms with Crippen molar-refractivity contribution in [3.8, 4) is 5.75 Å². The number of carbonyl (C=O) groups is 2. The average Bonchev–Trinajstić information content (AvgIpc) is 2.97. The van der Waals surface area contributed by atoms with Crippen LogP contribution in [0.15, 0.2) is 48.5 Å². The molecule has 8 heteroatoms. The van der Waals surface area contributed by atoms with Gasteiger partial charge in [-0.3, -0.25) is 14.5 Å². The lowest BCUT2D eigenvalue weighted by Crippen LogP contribution is -2.33. The molecule has 148 valence electrons. The van der Waals surface area contributed by atoms with E-state index in [0.717, 1.165) is 0 Å². The first-order valence-electron chi connectivity index (χ1n) is 8.82. The first-order valence-corrected chi connectivity index (χ1v) is 9.20. The number of nitrogens with zero attached hydrogens (tertiary/aromatic N) is 1. The number of aliphatic carboxylic acids is 1. The summed E-state index contributed by atoms with van der Waals surface area (Å²) in [6.07, 6.45) is -1.24. The average molecular weight is 405 g/mol.